The molecule has 2 aromatic carbocycles. The van der Waals surface area contributed by atoms with Gasteiger partial charge in [0.15, 0.2) is 0 Å². The summed E-state index contributed by atoms with van der Waals surface area (Å²) < 4.78 is 39.9. The minimum atomic E-state index is -1.53. The molecule has 310 valence electrons. The number of benzene rings is 2. The van der Waals surface area contributed by atoms with Gasteiger partial charge in [0, 0.05) is 44.2 Å². The number of hydrogen-bond donors (Lipinski definition) is 3. The van der Waals surface area contributed by atoms with Crippen LogP contribution in [-0.2, 0) is 20.9 Å². The number of aliphatic hydroxyl groups is 2. The number of halogens is 1. The summed E-state index contributed by atoms with van der Waals surface area (Å²) >= 11 is 0. The Morgan fingerprint density at radius 3 is 2.49 bits per heavy atom. The Morgan fingerprint density at radius 1 is 1.05 bits per heavy atom. The van der Waals surface area contributed by atoms with E-state index >= 15 is 0 Å². The fourth-order valence-electron chi connectivity index (χ4n) is 8.54. The van der Waals surface area contributed by atoms with Crippen LogP contribution in [0.15, 0.2) is 84.6 Å². The SMILES string of the molecule is C=CCCOC(=O)N(Cc1ccc(F)cc1)[C@H]1CC(=NOCC)C2=C[C@H](CCCCO)[C@@H](CCCCO)[C@@H]3c4cc(OC(=O)NCC)ccc4O[C@@]1(OCC=C)[C@H]23. The number of carbonyl (C=O) groups is 2. The van der Waals surface area contributed by atoms with Gasteiger partial charge in [0.2, 0.25) is 5.79 Å². The quantitative estimate of drug-likeness (QED) is 0.0655. The summed E-state index contributed by atoms with van der Waals surface area (Å²) in [5, 5.41) is 27.0. The number of carbonyl (C=O) groups excluding carboxylic acids is 2. The number of amides is 2. The molecule has 2 aliphatic carbocycles. The van der Waals surface area contributed by atoms with E-state index in [1.807, 2.05) is 19.9 Å². The van der Waals surface area contributed by atoms with Crippen molar-refractivity contribution in [2.24, 2.45) is 22.9 Å². The zero-order valence-corrected chi connectivity index (χ0v) is 33.2. The van der Waals surface area contributed by atoms with Crippen LogP contribution in [0.3, 0.4) is 0 Å². The van der Waals surface area contributed by atoms with Crippen LogP contribution in [0, 0.1) is 23.6 Å². The van der Waals surface area contributed by atoms with Crippen molar-refractivity contribution in [3.8, 4) is 11.5 Å². The third-order valence-electron chi connectivity index (χ3n) is 10.9. The van der Waals surface area contributed by atoms with Gasteiger partial charge in [0.1, 0.15) is 30.0 Å². The lowest BCUT2D eigenvalue weighted by atomic mass is 9.55. The summed E-state index contributed by atoms with van der Waals surface area (Å²) in [6.45, 7) is 12.4. The highest BCUT2D eigenvalue weighted by atomic mass is 19.1. The molecule has 2 amide bonds. The lowest BCUT2D eigenvalue weighted by Gasteiger charge is -2.59. The molecule has 12 nitrogen and oxygen atoms in total. The summed E-state index contributed by atoms with van der Waals surface area (Å²) in [5.41, 5.74) is 2.96. The second-order valence-corrected chi connectivity index (χ2v) is 14.6. The molecule has 13 heteroatoms. The summed E-state index contributed by atoms with van der Waals surface area (Å²) in [6, 6.07) is 10.4. The van der Waals surface area contributed by atoms with E-state index in [0.717, 1.165) is 36.8 Å². The van der Waals surface area contributed by atoms with Gasteiger partial charge >= 0.3 is 12.2 Å². The molecular weight excluding hydrogens is 733 g/mol. The first-order valence-corrected chi connectivity index (χ1v) is 20.2. The van der Waals surface area contributed by atoms with E-state index in [4.69, 9.17) is 28.9 Å². The number of hydrogen-bond acceptors (Lipinski definition) is 10. The molecule has 0 spiro atoms. The van der Waals surface area contributed by atoms with Crippen LogP contribution in [0.2, 0.25) is 0 Å². The van der Waals surface area contributed by atoms with E-state index in [-0.39, 0.29) is 57.1 Å². The highest BCUT2D eigenvalue weighted by molar-refractivity contribution is 6.03. The Morgan fingerprint density at radius 2 is 1.81 bits per heavy atom. The number of allylic oxidation sites excluding steroid dienone is 1. The summed E-state index contributed by atoms with van der Waals surface area (Å²) in [7, 11) is 0. The van der Waals surface area contributed by atoms with Crippen molar-refractivity contribution in [1.29, 1.82) is 0 Å². The molecule has 57 heavy (non-hydrogen) atoms. The molecule has 0 radical (unpaired) electrons. The number of fused-ring (bicyclic) bond motifs is 2. The Kier molecular flexibility index (Phi) is 16.1. The highest BCUT2D eigenvalue weighted by Crippen LogP contribution is 2.62. The zero-order valence-electron chi connectivity index (χ0n) is 33.2. The molecule has 3 N–H and O–H groups in total. The first-order valence-electron chi connectivity index (χ1n) is 20.2. The van der Waals surface area contributed by atoms with Gasteiger partial charge in [-0.2, -0.15) is 0 Å². The van der Waals surface area contributed by atoms with Crippen LogP contribution >= 0.6 is 0 Å². The van der Waals surface area contributed by atoms with E-state index in [9.17, 15) is 24.2 Å². The average molecular weight is 792 g/mol. The summed E-state index contributed by atoms with van der Waals surface area (Å²) in [5.74, 6) is -2.02. The van der Waals surface area contributed by atoms with Crippen LogP contribution in [-0.4, -0.2) is 84.4 Å². The van der Waals surface area contributed by atoms with Crippen LogP contribution in [0.4, 0.5) is 14.0 Å². The second kappa shape index (κ2) is 21.2. The predicted octanol–water partition coefficient (Wildman–Crippen LogP) is 7.80. The smallest absolute Gasteiger partial charge is 0.412 e. The minimum Gasteiger partial charge on any atom is -0.459 e. The molecule has 1 heterocycles. The molecule has 1 fully saturated rings. The summed E-state index contributed by atoms with van der Waals surface area (Å²) in [4.78, 5) is 34.4. The Hall–Kier alpha value is -4.72. The maximum atomic E-state index is 14.4. The normalized spacial score (nSPS) is 23.9. The third-order valence-corrected chi connectivity index (χ3v) is 10.9. The first-order chi connectivity index (χ1) is 27.7. The van der Waals surface area contributed by atoms with Crippen molar-refractivity contribution in [2.75, 3.05) is 39.6 Å². The van der Waals surface area contributed by atoms with Crippen LogP contribution < -0.4 is 14.8 Å². The lowest BCUT2D eigenvalue weighted by Crippen LogP contribution is -2.70. The minimum absolute atomic E-state index is 0.0186. The number of unbranched alkanes of at least 4 members (excludes halogenated alkanes) is 2. The maximum absolute atomic E-state index is 14.4. The van der Waals surface area contributed by atoms with Gasteiger partial charge in [-0.3, -0.25) is 4.90 Å². The maximum Gasteiger partial charge on any atom is 0.412 e. The molecular formula is C44H58FN3O9. The number of nitrogens with zero attached hydrogens (tertiary/aromatic N) is 2. The lowest BCUT2D eigenvalue weighted by molar-refractivity contribution is -0.256. The van der Waals surface area contributed by atoms with E-state index < -0.39 is 35.8 Å². The monoisotopic (exact) mass is 791 g/mol. The van der Waals surface area contributed by atoms with Crippen LogP contribution in [0.25, 0.3) is 0 Å². The predicted molar refractivity (Wildman–Crippen MR) is 214 cm³/mol. The number of ether oxygens (including phenoxy) is 4. The van der Waals surface area contributed by atoms with Gasteiger partial charge in [0.25, 0.3) is 0 Å². The zero-order chi connectivity index (χ0) is 40.8. The molecule has 6 atom stereocenters. The van der Waals surface area contributed by atoms with Gasteiger partial charge in [0.05, 0.1) is 24.8 Å². The van der Waals surface area contributed by atoms with E-state index in [0.29, 0.717) is 55.2 Å². The highest BCUT2D eigenvalue weighted by Gasteiger charge is 2.65. The van der Waals surface area contributed by atoms with Crippen LogP contribution in [0.1, 0.15) is 82.3 Å². The molecule has 3 aliphatic rings. The number of rotatable bonds is 21. The van der Waals surface area contributed by atoms with E-state index in [1.165, 1.54) is 12.1 Å². The molecule has 0 unspecified atom stereocenters. The molecule has 1 saturated carbocycles. The Labute approximate surface area is 335 Å². The average Bonchev–Trinajstić information content (AvgIpc) is 3.20. The first kappa shape index (κ1) is 43.4. The molecule has 2 aromatic rings. The largest absolute Gasteiger partial charge is 0.459 e. The van der Waals surface area contributed by atoms with Crippen molar-refractivity contribution in [3.63, 3.8) is 0 Å². The van der Waals surface area contributed by atoms with Gasteiger partial charge in [-0.1, -0.05) is 48.4 Å². The van der Waals surface area contributed by atoms with Crippen molar-refractivity contribution in [2.45, 2.75) is 89.5 Å². The molecule has 5 rings (SSSR count). The molecule has 0 aromatic heterocycles. The fraction of sp³-hybridized carbons (Fsp3) is 0.523. The van der Waals surface area contributed by atoms with E-state index in [1.54, 1.807) is 41.3 Å². The van der Waals surface area contributed by atoms with Gasteiger partial charge in [-0.25, -0.2) is 14.0 Å². The number of aliphatic hydroxyl groups excluding tert-OH is 2. The van der Waals surface area contributed by atoms with Gasteiger partial charge in [-0.05, 0) is 99.3 Å². The number of nitrogens with one attached hydrogen (secondary N) is 1. The molecule has 0 bridgehead atoms. The van der Waals surface area contributed by atoms with Gasteiger partial charge in [-0.15, -0.1) is 13.2 Å². The molecule has 1 aliphatic heterocycles. The molecule has 0 saturated heterocycles. The topological polar surface area (TPSA) is 148 Å². The second-order valence-electron chi connectivity index (χ2n) is 14.6. The van der Waals surface area contributed by atoms with Crippen LogP contribution in [0.5, 0.6) is 11.5 Å². The van der Waals surface area contributed by atoms with E-state index in [2.05, 4.69) is 24.6 Å². The number of oxime groups is 1. The van der Waals surface area contributed by atoms with Crippen molar-refractivity contribution >= 4 is 17.9 Å². The van der Waals surface area contributed by atoms with Gasteiger partial charge < -0.3 is 39.3 Å². The Balaban J connectivity index is 1.79. The summed E-state index contributed by atoms with van der Waals surface area (Å²) in [6.07, 6.45) is 9.24. The standard InChI is InChI=1S/C44H58FN3O9/c1-5-9-25-53-43(52)48(29-30-16-18-32(45)19-17-30)39-28-37(47-55-8-4)35-26-31(14-10-12-22-49)34(15-11-13-23-50)40-36-27-33(56-42(51)46-7-3)20-21-38(36)57-44(39,41(35)40)54-24-6-2/h5-6,16-21,26-27,31,34,39-41,49-50H,1-2,7-15,22-25,28-29H2,3-4H3,(H,46,51)/t31-,34+,39-,40+,41+,44+/m0/s1. The third kappa shape index (κ3) is 10.2. The van der Waals surface area contributed by atoms with Crippen molar-refractivity contribution in [1.82, 2.24) is 10.2 Å². The van der Waals surface area contributed by atoms with Crippen molar-refractivity contribution < 1.29 is 48.0 Å². The Bertz CT molecular complexity index is 1730. The van der Waals surface area contributed by atoms with Crippen molar-refractivity contribution in [3.05, 3.63) is 96.4 Å². The fourth-order valence-corrected chi connectivity index (χ4v) is 8.54.